The minimum absolute atomic E-state index is 0.0843. The fraction of sp³-hybridized carbons (Fsp3) is 0.176. The van der Waals surface area contributed by atoms with Crippen molar-refractivity contribution in [2.75, 3.05) is 19.5 Å². The van der Waals surface area contributed by atoms with Crippen LogP contribution in [0.1, 0.15) is 12.5 Å². The summed E-state index contributed by atoms with van der Waals surface area (Å²) < 4.78 is 10.3. The van der Waals surface area contributed by atoms with Crippen LogP contribution in [0.25, 0.3) is 0 Å². The lowest BCUT2D eigenvalue weighted by Gasteiger charge is -2.12. The summed E-state index contributed by atoms with van der Waals surface area (Å²) in [6.07, 6.45) is 0. The normalized spacial score (nSPS) is 10.9. The Kier molecular flexibility index (Phi) is 5.97. The molecule has 0 saturated carbocycles. The average Bonchev–Trinajstić information content (AvgIpc) is 2.60. The molecule has 0 radical (unpaired) electrons. The van der Waals surface area contributed by atoms with Crippen LogP contribution in [0.4, 0.5) is 5.69 Å². The van der Waals surface area contributed by atoms with Gasteiger partial charge < -0.3 is 19.9 Å². The standard InChI is InChI=1S/C17H19N3O3S/c1-11(13-9-8-12(22-2)10-15(13)21)19-20-17(24)18-14-6-4-5-7-16(14)23-3/h4-10,21H,1-3H3,(H2,18,20,24). The molecule has 0 spiro atoms. The van der Waals surface area contributed by atoms with E-state index in [0.29, 0.717) is 27.9 Å². The predicted octanol–water partition coefficient (Wildman–Crippen LogP) is 3.12. The Hall–Kier alpha value is -2.80. The van der Waals surface area contributed by atoms with Crippen LogP contribution in [0.5, 0.6) is 17.2 Å². The van der Waals surface area contributed by atoms with Gasteiger partial charge >= 0.3 is 0 Å². The molecule has 0 saturated heterocycles. The van der Waals surface area contributed by atoms with Crippen LogP contribution in [-0.2, 0) is 0 Å². The highest BCUT2D eigenvalue weighted by molar-refractivity contribution is 7.80. The number of nitrogens with zero attached hydrogens (tertiary/aromatic N) is 1. The highest BCUT2D eigenvalue weighted by atomic mass is 32.1. The van der Waals surface area contributed by atoms with Crippen molar-refractivity contribution in [1.82, 2.24) is 5.43 Å². The lowest BCUT2D eigenvalue weighted by atomic mass is 10.1. The number of anilines is 1. The van der Waals surface area contributed by atoms with Crippen molar-refractivity contribution < 1.29 is 14.6 Å². The molecular weight excluding hydrogens is 326 g/mol. The van der Waals surface area contributed by atoms with Crippen molar-refractivity contribution in [3.05, 3.63) is 48.0 Å². The molecule has 0 amide bonds. The maximum atomic E-state index is 10.0. The number of phenolic OH excluding ortho intramolecular Hbond substituents is 1. The lowest BCUT2D eigenvalue weighted by Crippen LogP contribution is -2.25. The number of benzene rings is 2. The molecular formula is C17H19N3O3S. The first-order chi connectivity index (χ1) is 11.5. The topological polar surface area (TPSA) is 75.1 Å². The fourth-order valence-corrected chi connectivity index (χ4v) is 2.19. The molecule has 0 fully saturated rings. The summed E-state index contributed by atoms with van der Waals surface area (Å²) in [6, 6.07) is 12.4. The first-order valence-corrected chi connectivity index (χ1v) is 7.57. The van der Waals surface area contributed by atoms with E-state index in [2.05, 4.69) is 15.8 Å². The number of phenols is 1. The molecule has 24 heavy (non-hydrogen) atoms. The van der Waals surface area contributed by atoms with E-state index < -0.39 is 0 Å². The van der Waals surface area contributed by atoms with Crippen LogP contribution in [0.2, 0.25) is 0 Å². The molecule has 2 aromatic carbocycles. The summed E-state index contributed by atoms with van der Waals surface area (Å²) in [7, 11) is 3.13. The van der Waals surface area contributed by atoms with Gasteiger partial charge in [-0.25, -0.2) is 0 Å². The van der Waals surface area contributed by atoms with Gasteiger partial charge in [-0.15, -0.1) is 0 Å². The summed E-state index contributed by atoms with van der Waals surface area (Å²) >= 11 is 5.22. The first-order valence-electron chi connectivity index (χ1n) is 7.17. The Labute approximate surface area is 146 Å². The largest absolute Gasteiger partial charge is 0.507 e. The molecule has 126 valence electrons. The van der Waals surface area contributed by atoms with Crippen molar-refractivity contribution in [3.8, 4) is 17.2 Å². The van der Waals surface area contributed by atoms with Crippen LogP contribution >= 0.6 is 12.2 Å². The second kappa shape index (κ2) is 8.16. The van der Waals surface area contributed by atoms with Gasteiger partial charge in [0.05, 0.1) is 25.6 Å². The Bertz CT molecular complexity index is 762. The number of ether oxygens (including phenoxy) is 2. The molecule has 0 aromatic heterocycles. The molecule has 3 N–H and O–H groups in total. The van der Waals surface area contributed by atoms with E-state index in [0.717, 1.165) is 5.69 Å². The van der Waals surface area contributed by atoms with Gasteiger partial charge in [0.15, 0.2) is 5.11 Å². The average molecular weight is 345 g/mol. The number of thiocarbonyl (C=S) groups is 1. The van der Waals surface area contributed by atoms with Crippen molar-refractivity contribution >= 4 is 28.7 Å². The van der Waals surface area contributed by atoms with E-state index in [9.17, 15) is 5.11 Å². The molecule has 0 atom stereocenters. The van der Waals surface area contributed by atoms with Crippen molar-refractivity contribution in [2.24, 2.45) is 5.10 Å². The number of aromatic hydroxyl groups is 1. The molecule has 2 aromatic rings. The van der Waals surface area contributed by atoms with E-state index in [4.69, 9.17) is 21.7 Å². The van der Waals surface area contributed by atoms with E-state index in [1.807, 2.05) is 24.3 Å². The van der Waals surface area contributed by atoms with Gasteiger partial charge in [-0.3, -0.25) is 5.43 Å². The molecule has 2 rings (SSSR count). The van der Waals surface area contributed by atoms with E-state index in [1.165, 1.54) is 6.07 Å². The van der Waals surface area contributed by atoms with Gasteiger partial charge in [0.1, 0.15) is 17.2 Å². The number of hydrogen-bond donors (Lipinski definition) is 3. The van der Waals surface area contributed by atoms with Crippen LogP contribution in [0, 0.1) is 0 Å². The molecule has 0 aliphatic heterocycles. The smallest absolute Gasteiger partial charge is 0.191 e. The summed E-state index contributed by atoms with van der Waals surface area (Å²) in [5.74, 6) is 1.33. The van der Waals surface area contributed by atoms with Gasteiger partial charge in [0.2, 0.25) is 0 Å². The zero-order chi connectivity index (χ0) is 17.5. The Balaban J connectivity index is 2.05. The number of hydrazone groups is 1. The molecule has 0 aliphatic carbocycles. The summed E-state index contributed by atoms with van der Waals surface area (Å²) in [5.41, 5.74) is 4.65. The van der Waals surface area contributed by atoms with Crippen LogP contribution in [-0.4, -0.2) is 30.2 Å². The third-order valence-corrected chi connectivity index (χ3v) is 3.47. The minimum Gasteiger partial charge on any atom is -0.507 e. The second-order valence-electron chi connectivity index (χ2n) is 4.85. The van der Waals surface area contributed by atoms with Crippen molar-refractivity contribution in [2.45, 2.75) is 6.92 Å². The van der Waals surface area contributed by atoms with Gasteiger partial charge in [-0.2, -0.15) is 5.10 Å². The van der Waals surface area contributed by atoms with Crippen molar-refractivity contribution in [3.63, 3.8) is 0 Å². The maximum absolute atomic E-state index is 10.0. The Morgan fingerprint density at radius 1 is 1.12 bits per heavy atom. The predicted molar refractivity (Wildman–Crippen MR) is 99.2 cm³/mol. The zero-order valence-electron chi connectivity index (χ0n) is 13.7. The summed E-state index contributed by atoms with van der Waals surface area (Å²) in [4.78, 5) is 0. The Morgan fingerprint density at radius 2 is 1.88 bits per heavy atom. The number of para-hydroxylation sites is 2. The summed E-state index contributed by atoms with van der Waals surface area (Å²) in [6.45, 7) is 1.76. The zero-order valence-corrected chi connectivity index (χ0v) is 14.5. The fourth-order valence-electron chi connectivity index (χ4n) is 2.04. The molecule has 6 nitrogen and oxygen atoms in total. The van der Waals surface area contributed by atoms with Gasteiger partial charge in [0, 0.05) is 11.6 Å². The molecule has 7 heteroatoms. The third-order valence-electron chi connectivity index (χ3n) is 3.28. The number of hydrogen-bond acceptors (Lipinski definition) is 5. The van der Waals surface area contributed by atoms with Gasteiger partial charge in [-0.05, 0) is 43.4 Å². The highest BCUT2D eigenvalue weighted by Crippen LogP contribution is 2.24. The van der Waals surface area contributed by atoms with E-state index in [-0.39, 0.29) is 5.75 Å². The number of rotatable bonds is 5. The van der Waals surface area contributed by atoms with Crippen LogP contribution < -0.4 is 20.2 Å². The lowest BCUT2D eigenvalue weighted by molar-refractivity contribution is 0.407. The van der Waals surface area contributed by atoms with Gasteiger partial charge in [-0.1, -0.05) is 12.1 Å². The first kappa shape index (κ1) is 17.6. The number of nitrogens with one attached hydrogen (secondary N) is 2. The van der Waals surface area contributed by atoms with Crippen LogP contribution in [0.15, 0.2) is 47.6 Å². The maximum Gasteiger partial charge on any atom is 0.191 e. The Morgan fingerprint density at radius 3 is 2.54 bits per heavy atom. The third kappa shape index (κ3) is 4.36. The van der Waals surface area contributed by atoms with E-state index >= 15 is 0 Å². The molecule has 0 aliphatic rings. The summed E-state index contributed by atoms with van der Waals surface area (Å²) in [5, 5.41) is 17.5. The second-order valence-corrected chi connectivity index (χ2v) is 5.25. The molecule has 0 heterocycles. The monoisotopic (exact) mass is 345 g/mol. The van der Waals surface area contributed by atoms with Gasteiger partial charge in [0.25, 0.3) is 0 Å². The van der Waals surface area contributed by atoms with Crippen molar-refractivity contribution in [1.29, 1.82) is 0 Å². The number of methoxy groups -OCH3 is 2. The quantitative estimate of drug-likeness (QED) is 0.439. The van der Waals surface area contributed by atoms with Crippen LogP contribution in [0.3, 0.4) is 0 Å². The minimum atomic E-state index is 0.0843. The van der Waals surface area contributed by atoms with E-state index in [1.54, 1.807) is 33.3 Å². The molecule has 0 unspecified atom stereocenters. The SMILES string of the molecule is COc1ccc(C(C)=NNC(=S)Nc2ccccc2OC)c(O)c1. The highest BCUT2D eigenvalue weighted by Gasteiger charge is 2.07. The molecule has 0 bridgehead atoms.